The molecule has 1 aromatic carbocycles. The van der Waals surface area contributed by atoms with E-state index in [0.717, 1.165) is 5.56 Å². The Hall–Kier alpha value is -2.50. The first-order valence-electron chi connectivity index (χ1n) is 5.20. The molecule has 0 amide bonds. The number of hydrogen-bond donors (Lipinski definition) is 2. The highest BCUT2D eigenvalue weighted by molar-refractivity contribution is 5.72. The fourth-order valence-electron chi connectivity index (χ4n) is 1.37. The Morgan fingerprint density at radius 3 is 2.44 bits per heavy atom. The third-order valence-electron chi connectivity index (χ3n) is 2.23. The number of halogens is 1. The van der Waals surface area contributed by atoms with Crippen molar-refractivity contribution in [1.29, 1.82) is 0 Å². The molecule has 2 N–H and O–H groups in total. The summed E-state index contributed by atoms with van der Waals surface area (Å²) in [6.07, 6.45) is 0. The molecule has 0 aliphatic heterocycles. The molecule has 0 spiro atoms. The van der Waals surface area contributed by atoms with E-state index >= 15 is 0 Å². The zero-order valence-electron chi connectivity index (χ0n) is 9.30. The minimum atomic E-state index is -0.973. The van der Waals surface area contributed by atoms with E-state index in [1.807, 2.05) is 0 Å². The van der Waals surface area contributed by atoms with Crippen LogP contribution in [0.5, 0.6) is 0 Å². The van der Waals surface area contributed by atoms with E-state index in [2.05, 4.69) is 15.5 Å². The molecule has 0 saturated heterocycles. The van der Waals surface area contributed by atoms with E-state index in [-0.39, 0.29) is 12.4 Å². The van der Waals surface area contributed by atoms with Crippen molar-refractivity contribution in [3.63, 3.8) is 0 Å². The first-order chi connectivity index (χ1) is 8.65. The number of aromatic nitrogens is 2. The molecule has 18 heavy (non-hydrogen) atoms. The second-order valence-corrected chi connectivity index (χ2v) is 3.56. The summed E-state index contributed by atoms with van der Waals surface area (Å²) in [5.41, 5.74) is 1.34. The molecule has 6 heteroatoms. The number of nitrogens with one attached hydrogen (secondary N) is 1. The summed E-state index contributed by atoms with van der Waals surface area (Å²) in [6.45, 7) is -0.218. The van der Waals surface area contributed by atoms with E-state index < -0.39 is 5.97 Å². The summed E-state index contributed by atoms with van der Waals surface area (Å²) in [5.74, 6) is -0.908. The topological polar surface area (TPSA) is 75.1 Å². The fraction of sp³-hybridized carbons (Fsp3) is 0.0833. The minimum absolute atomic E-state index is 0.218. The van der Waals surface area contributed by atoms with Crippen LogP contribution < -0.4 is 5.32 Å². The van der Waals surface area contributed by atoms with Gasteiger partial charge in [0, 0.05) is 5.56 Å². The minimum Gasteiger partial charge on any atom is -0.480 e. The summed E-state index contributed by atoms with van der Waals surface area (Å²) in [7, 11) is 0. The summed E-state index contributed by atoms with van der Waals surface area (Å²) in [5, 5.41) is 18.8. The second-order valence-electron chi connectivity index (χ2n) is 3.56. The Morgan fingerprint density at radius 1 is 1.17 bits per heavy atom. The lowest BCUT2D eigenvalue weighted by Gasteiger charge is -2.03. The highest BCUT2D eigenvalue weighted by Gasteiger charge is 2.02. The maximum atomic E-state index is 12.7. The van der Waals surface area contributed by atoms with Gasteiger partial charge in [-0.1, -0.05) is 0 Å². The molecule has 0 bridgehead atoms. The number of rotatable bonds is 4. The number of nitrogens with zero attached hydrogens (tertiary/aromatic N) is 2. The number of hydrogen-bond acceptors (Lipinski definition) is 4. The third-order valence-corrected chi connectivity index (χ3v) is 2.23. The number of anilines is 1. The molecule has 0 atom stereocenters. The molecular formula is C12H10FN3O2. The third kappa shape index (κ3) is 3.00. The van der Waals surface area contributed by atoms with Gasteiger partial charge in [-0.3, -0.25) is 4.79 Å². The molecule has 1 aromatic heterocycles. The molecular weight excluding hydrogens is 237 g/mol. The summed E-state index contributed by atoms with van der Waals surface area (Å²) in [6, 6.07) is 9.19. The molecule has 1 heterocycles. The van der Waals surface area contributed by atoms with Gasteiger partial charge in [-0.25, -0.2) is 4.39 Å². The maximum absolute atomic E-state index is 12.7. The van der Waals surface area contributed by atoms with Crippen LogP contribution in [0, 0.1) is 5.82 Å². The Bertz CT molecular complexity index is 540. The van der Waals surface area contributed by atoms with Crippen LogP contribution in [0.25, 0.3) is 11.3 Å². The first kappa shape index (κ1) is 12.0. The van der Waals surface area contributed by atoms with Gasteiger partial charge in [-0.2, -0.15) is 0 Å². The highest BCUT2D eigenvalue weighted by Crippen LogP contribution is 2.17. The quantitative estimate of drug-likeness (QED) is 0.861. The second kappa shape index (κ2) is 5.22. The van der Waals surface area contributed by atoms with Gasteiger partial charge in [0.25, 0.3) is 0 Å². The van der Waals surface area contributed by atoms with Crippen molar-refractivity contribution < 1.29 is 14.3 Å². The van der Waals surface area contributed by atoms with Crippen LogP contribution in [-0.2, 0) is 4.79 Å². The number of carbonyl (C=O) groups is 1. The van der Waals surface area contributed by atoms with Crippen LogP contribution in [0.15, 0.2) is 36.4 Å². The Balaban J connectivity index is 2.12. The van der Waals surface area contributed by atoms with Gasteiger partial charge in [-0.15, -0.1) is 10.2 Å². The van der Waals surface area contributed by atoms with Gasteiger partial charge < -0.3 is 10.4 Å². The van der Waals surface area contributed by atoms with Crippen LogP contribution in [0.2, 0.25) is 0 Å². The van der Waals surface area contributed by atoms with E-state index in [1.165, 1.54) is 12.1 Å². The van der Waals surface area contributed by atoms with Gasteiger partial charge in [0.15, 0.2) is 0 Å². The van der Waals surface area contributed by atoms with Gasteiger partial charge >= 0.3 is 5.97 Å². The molecule has 0 radical (unpaired) electrons. The lowest BCUT2D eigenvalue weighted by Crippen LogP contribution is -2.13. The lowest BCUT2D eigenvalue weighted by molar-refractivity contribution is -0.134. The molecule has 5 nitrogen and oxygen atoms in total. The van der Waals surface area contributed by atoms with Crippen LogP contribution in [0.3, 0.4) is 0 Å². The molecule has 0 aliphatic rings. The van der Waals surface area contributed by atoms with Crippen molar-refractivity contribution in [2.24, 2.45) is 0 Å². The molecule has 0 saturated carbocycles. The predicted molar refractivity (Wildman–Crippen MR) is 63.6 cm³/mol. The molecule has 2 aromatic rings. The number of carboxylic acids is 1. The predicted octanol–water partition coefficient (Wildman–Crippen LogP) is 1.78. The van der Waals surface area contributed by atoms with Gasteiger partial charge in [-0.05, 0) is 36.4 Å². The van der Waals surface area contributed by atoms with Crippen molar-refractivity contribution in [3.8, 4) is 11.3 Å². The fourth-order valence-corrected chi connectivity index (χ4v) is 1.37. The molecule has 0 unspecified atom stereocenters. The smallest absolute Gasteiger partial charge is 0.322 e. The van der Waals surface area contributed by atoms with E-state index in [1.54, 1.807) is 24.3 Å². The monoisotopic (exact) mass is 247 g/mol. The molecule has 0 fully saturated rings. The average Bonchev–Trinajstić information content (AvgIpc) is 2.38. The Morgan fingerprint density at radius 2 is 1.89 bits per heavy atom. The van der Waals surface area contributed by atoms with Crippen molar-refractivity contribution in [3.05, 3.63) is 42.2 Å². The summed E-state index contributed by atoms with van der Waals surface area (Å²) < 4.78 is 12.7. The van der Waals surface area contributed by atoms with Gasteiger partial charge in [0.2, 0.25) is 0 Å². The average molecular weight is 247 g/mol. The van der Waals surface area contributed by atoms with Crippen molar-refractivity contribution in [1.82, 2.24) is 10.2 Å². The number of carboxylic acid groups (broad SMARTS) is 1. The SMILES string of the molecule is O=C(O)CNc1ccc(-c2ccc(F)cc2)nn1. The standard InChI is InChI=1S/C12H10FN3O2/c13-9-3-1-8(2-4-9)10-5-6-11(16-15-10)14-7-12(17)18/h1-6H,7H2,(H,14,16)(H,17,18). The number of aliphatic carboxylic acids is 1. The highest BCUT2D eigenvalue weighted by atomic mass is 19.1. The Labute approximate surface area is 102 Å². The zero-order chi connectivity index (χ0) is 13.0. The zero-order valence-corrected chi connectivity index (χ0v) is 9.30. The van der Waals surface area contributed by atoms with Crippen molar-refractivity contribution >= 4 is 11.8 Å². The van der Waals surface area contributed by atoms with E-state index in [9.17, 15) is 9.18 Å². The van der Waals surface area contributed by atoms with Crippen LogP contribution in [-0.4, -0.2) is 27.8 Å². The Kier molecular flexibility index (Phi) is 3.47. The maximum Gasteiger partial charge on any atom is 0.322 e. The molecule has 2 rings (SSSR count). The normalized spacial score (nSPS) is 10.1. The van der Waals surface area contributed by atoms with Crippen LogP contribution >= 0.6 is 0 Å². The van der Waals surface area contributed by atoms with E-state index in [4.69, 9.17) is 5.11 Å². The number of benzene rings is 1. The molecule has 92 valence electrons. The van der Waals surface area contributed by atoms with Crippen LogP contribution in [0.4, 0.5) is 10.2 Å². The molecule has 0 aliphatic carbocycles. The van der Waals surface area contributed by atoms with Crippen molar-refractivity contribution in [2.75, 3.05) is 11.9 Å². The van der Waals surface area contributed by atoms with E-state index in [0.29, 0.717) is 11.5 Å². The summed E-state index contributed by atoms with van der Waals surface area (Å²) in [4.78, 5) is 10.3. The summed E-state index contributed by atoms with van der Waals surface area (Å²) >= 11 is 0. The first-order valence-corrected chi connectivity index (χ1v) is 5.20. The van der Waals surface area contributed by atoms with Gasteiger partial charge in [0.1, 0.15) is 18.2 Å². The van der Waals surface area contributed by atoms with Crippen LogP contribution in [0.1, 0.15) is 0 Å². The lowest BCUT2D eigenvalue weighted by atomic mass is 10.1. The van der Waals surface area contributed by atoms with Gasteiger partial charge in [0.05, 0.1) is 5.69 Å². The largest absolute Gasteiger partial charge is 0.480 e. The van der Waals surface area contributed by atoms with Crippen molar-refractivity contribution in [2.45, 2.75) is 0 Å².